The summed E-state index contributed by atoms with van der Waals surface area (Å²) in [5.41, 5.74) is 2.28. The highest BCUT2D eigenvalue weighted by Crippen LogP contribution is 2.23. The van der Waals surface area contributed by atoms with Gasteiger partial charge in [0, 0.05) is 35.7 Å². The van der Waals surface area contributed by atoms with Gasteiger partial charge in [0.05, 0.1) is 5.75 Å². The number of aromatic amines is 1. The Morgan fingerprint density at radius 2 is 2.30 bits per heavy atom. The molecule has 1 aliphatic heterocycles. The van der Waals surface area contributed by atoms with Crippen LogP contribution in [-0.2, 0) is 18.7 Å². The van der Waals surface area contributed by atoms with Crippen molar-refractivity contribution in [1.29, 1.82) is 0 Å². The van der Waals surface area contributed by atoms with Crippen molar-refractivity contribution >= 4 is 24.0 Å². The number of nitrogens with one attached hydrogen (secondary N) is 2. The van der Waals surface area contributed by atoms with Crippen LogP contribution in [0.2, 0.25) is 0 Å². The molecule has 2 heterocycles. The Kier molecular flexibility index (Phi) is 4.14. The number of hydrogen-bond donors (Lipinski definition) is 2. The normalized spacial score (nSPS) is 14.1. The Hall–Kier alpha value is -1.24. The van der Waals surface area contributed by atoms with E-state index in [2.05, 4.69) is 15.3 Å². The van der Waals surface area contributed by atoms with E-state index in [0.29, 0.717) is 10.4 Å². The standard InChI is InChI=1S/C14H14FN3S2/c15-9-2-1-3-10(6-9)20-8-13-17-12-4-5-16-7-11(12)14(19)18-13/h1-3,6,16H,4-5,7-8H2,(H,17,18,19). The number of hydrogen-bond acceptors (Lipinski definition) is 4. The zero-order valence-corrected chi connectivity index (χ0v) is 12.4. The molecule has 6 heteroatoms. The maximum absolute atomic E-state index is 13.1. The summed E-state index contributed by atoms with van der Waals surface area (Å²) in [6, 6.07) is 6.58. The Labute approximate surface area is 126 Å². The van der Waals surface area contributed by atoms with Crippen LogP contribution in [0.15, 0.2) is 29.2 Å². The molecule has 3 rings (SSSR count). The number of halogens is 1. The van der Waals surface area contributed by atoms with Crippen molar-refractivity contribution in [1.82, 2.24) is 15.3 Å². The molecule has 0 bridgehead atoms. The molecule has 2 N–H and O–H groups in total. The molecule has 0 radical (unpaired) electrons. The first-order chi connectivity index (χ1) is 9.72. The van der Waals surface area contributed by atoms with Crippen molar-refractivity contribution in [3.05, 3.63) is 51.8 Å². The first kappa shape index (κ1) is 13.7. The Bertz CT molecular complexity index is 684. The van der Waals surface area contributed by atoms with E-state index in [1.165, 1.54) is 17.8 Å². The van der Waals surface area contributed by atoms with Crippen LogP contribution in [0.1, 0.15) is 17.1 Å². The van der Waals surface area contributed by atoms with Gasteiger partial charge in [-0.1, -0.05) is 18.3 Å². The van der Waals surface area contributed by atoms with Gasteiger partial charge in [0.25, 0.3) is 0 Å². The van der Waals surface area contributed by atoms with Crippen molar-refractivity contribution in [2.75, 3.05) is 6.54 Å². The third kappa shape index (κ3) is 3.08. The molecule has 1 aromatic carbocycles. The smallest absolute Gasteiger partial charge is 0.134 e. The molecule has 0 spiro atoms. The number of rotatable bonds is 3. The van der Waals surface area contributed by atoms with Gasteiger partial charge in [-0.3, -0.25) is 0 Å². The van der Waals surface area contributed by atoms with Crippen molar-refractivity contribution < 1.29 is 4.39 Å². The molecule has 0 unspecified atom stereocenters. The van der Waals surface area contributed by atoms with E-state index >= 15 is 0 Å². The van der Waals surface area contributed by atoms with E-state index in [4.69, 9.17) is 12.2 Å². The second kappa shape index (κ2) is 6.03. The minimum absolute atomic E-state index is 0.215. The molecule has 0 fully saturated rings. The van der Waals surface area contributed by atoms with Crippen LogP contribution >= 0.6 is 24.0 Å². The van der Waals surface area contributed by atoms with E-state index in [-0.39, 0.29) is 5.82 Å². The molecule has 0 atom stereocenters. The number of aromatic nitrogens is 2. The minimum Gasteiger partial charge on any atom is -0.346 e. The molecule has 0 saturated heterocycles. The lowest BCUT2D eigenvalue weighted by Gasteiger charge is -2.17. The summed E-state index contributed by atoms with van der Waals surface area (Å²) in [6.07, 6.45) is 0.944. The zero-order chi connectivity index (χ0) is 13.9. The Morgan fingerprint density at radius 3 is 3.15 bits per heavy atom. The van der Waals surface area contributed by atoms with Gasteiger partial charge in [-0.05, 0) is 18.2 Å². The van der Waals surface area contributed by atoms with Crippen LogP contribution in [0.25, 0.3) is 0 Å². The van der Waals surface area contributed by atoms with Crippen molar-refractivity contribution in [2.45, 2.75) is 23.6 Å². The Morgan fingerprint density at radius 1 is 1.40 bits per heavy atom. The van der Waals surface area contributed by atoms with Crippen LogP contribution in [0.5, 0.6) is 0 Å². The van der Waals surface area contributed by atoms with E-state index in [1.807, 2.05) is 6.07 Å². The second-order valence-electron chi connectivity index (χ2n) is 4.62. The van der Waals surface area contributed by atoms with Crippen molar-refractivity contribution in [3.8, 4) is 0 Å². The average molecular weight is 307 g/mol. The lowest BCUT2D eigenvalue weighted by molar-refractivity contribution is 0.620. The average Bonchev–Trinajstić information content (AvgIpc) is 2.45. The fraction of sp³-hybridized carbons (Fsp3) is 0.286. The molecule has 1 aliphatic rings. The van der Waals surface area contributed by atoms with Gasteiger partial charge >= 0.3 is 0 Å². The molecule has 0 saturated carbocycles. The molecule has 0 aliphatic carbocycles. The highest BCUT2D eigenvalue weighted by Gasteiger charge is 2.12. The van der Waals surface area contributed by atoms with Gasteiger partial charge in [0.15, 0.2) is 0 Å². The summed E-state index contributed by atoms with van der Waals surface area (Å²) in [5, 5.41) is 3.29. The van der Waals surface area contributed by atoms with Crippen molar-refractivity contribution in [2.24, 2.45) is 0 Å². The molecule has 2 aromatic rings. The fourth-order valence-corrected chi connectivity index (χ4v) is 3.31. The first-order valence-electron chi connectivity index (χ1n) is 6.42. The molecule has 0 amide bonds. The number of thioether (sulfide) groups is 1. The lowest BCUT2D eigenvalue weighted by atomic mass is 10.1. The van der Waals surface area contributed by atoms with Crippen molar-refractivity contribution in [3.63, 3.8) is 0 Å². The van der Waals surface area contributed by atoms with Gasteiger partial charge in [-0.15, -0.1) is 11.8 Å². The molecule has 104 valence electrons. The van der Waals surface area contributed by atoms with Gasteiger partial charge in [-0.25, -0.2) is 9.37 Å². The molecular weight excluding hydrogens is 293 g/mol. The summed E-state index contributed by atoms with van der Waals surface area (Å²) in [4.78, 5) is 8.68. The Balaban J connectivity index is 1.78. The lowest BCUT2D eigenvalue weighted by Crippen LogP contribution is -2.25. The molecule has 3 nitrogen and oxygen atoms in total. The number of fused-ring (bicyclic) bond motifs is 1. The summed E-state index contributed by atoms with van der Waals surface area (Å²) < 4.78 is 13.8. The predicted molar refractivity (Wildman–Crippen MR) is 80.8 cm³/mol. The number of nitrogens with zero attached hydrogens (tertiary/aromatic N) is 1. The van der Waals surface area contributed by atoms with Crippen LogP contribution in [0, 0.1) is 10.5 Å². The summed E-state index contributed by atoms with van der Waals surface area (Å²) in [5.74, 6) is 1.30. The van der Waals surface area contributed by atoms with E-state index in [1.54, 1.807) is 17.8 Å². The SMILES string of the molecule is Fc1cccc(SCc2nc(=S)c3c([nH]2)CCNC3)c1. The molecular formula is C14H14FN3S2. The van der Waals surface area contributed by atoms with Crippen LogP contribution in [0.3, 0.4) is 0 Å². The maximum Gasteiger partial charge on any atom is 0.134 e. The first-order valence-corrected chi connectivity index (χ1v) is 7.82. The highest BCUT2D eigenvalue weighted by molar-refractivity contribution is 7.98. The van der Waals surface area contributed by atoms with Gasteiger partial charge in [0.1, 0.15) is 16.3 Å². The fourth-order valence-electron chi connectivity index (χ4n) is 2.20. The monoisotopic (exact) mass is 307 g/mol. The quantitative estimate of drug-likeness (QED) is 0.675. The van der Waals surface area contributed by atoms with Gasteiger partial charge in [-0.2, -0.15) is 0 Å². The topological polar surface area (TPSA) is 40.7 Å². The minimum atomic E-state index is -0.215. The van der Waals surface area contributed by atoms with Gasteiger partial charge in [0.2, 0.25) is 0 Å². The summed E-state index contributed by atoms with van der Waals surface area (Å²) in [7, 11) is 0. The number of H-pyrrole nitrogens is 1. The molecule has 1 aromatic heterocycles. The summed E-state index contributed by atoms with van der Waals surface area (Å²) in [6.45, 7) is 1.74. The van der Waals surface area contributed by atoms with Crippen LogP contribution in [-0.4, -0.2) is 16.5 Å². The third-order valence-electron chi connectivity index (χ3n) is 3.18. The highest BCUT2D eigenvalue weighted by atomic mass is 32.2. The molecule has 20 heavy (non-hydrogen) atoms. The second-order valence-corrected chi connectivity index (χ2v) is 6.05. The third-order valence-corrected chi connectivity index (χ3v) is 4.52. The van der Waals surface area contributed by atoms with E-state index in [9.17, 15) is 4.39 Å². The van der Waals surface area contributed by atoms with E-state index < -0.39 is 0 Å². The maximum atomic E-state index is 13.1. The van der Waals surface area contributed by atoms with Crippen LogP contribution < -0.4 is 5.32 Å². The number of benzene rings is 1. The predicted octanol–water partition coefficient (Wildman–Crippen LogP) is 3.22. The van der Waals surface area contributed by atoms with Gasteiger partial charge < -0.3 is 10.3 Å². The summed E-state index contributed by atoms with van der Waals surface area (Å²) >= 11 is 6.89. The van der Waals surface area contributed by atoms with E-state index in [0.717, 1.165) is 35.8 Å². The zero-order valence-electron chi connectivity index (χ0n) is 10.8. The van der Waals surface area contributed by atoms with Crippen LogP contribution in [0.4, 0.5) is 4.39 Å². The largest absolute Gasteiger partial charge is 0.346 e.